The molecule has 1 fully saturated rings. The van der Waals surface area contributed by atoms with E-state index < -0.39 is 5.54 Å². The Morgan fingerprint density at radius 1 is 1.50 bits per heavy atom. The Balaban J connectivity index is 1.88. The molecule has 1 aromatic rings. The van der Waals surface area contributed by atoms with Gasteiger partial charge >= 0.3 is 0 Å². The Hall–Kier alpha value is -1.42. The molecule has 1 aromatic heterocycles. The maximum Gasteiger partial charge on any atom is 0.237 e. The summed E-state index contributed by atoms with van der Waals surface area (Å²) in [7, 11) is 0. The third-order valence-corrected chi connectivity index (χ3v) is 3.76. The maximum absolute atomic E-state index is 11.7. The molecule has 0 aliphatic carbocycles. The molecule has 1 aliphatic rings. The zero-order chi connectivity index (χ0) is 12.8. The molecule has 1 amide bonds. The second-order valence-corrected chi connectivity index (χ2v) is 5.05. The number of nitrogens with one attached hydrogen (secondary N) is 1. The van der Waals surface area contributed by atoms with Gasteiger partial charge in [-0.1, -0.05) is 6.07 Å². The average molecular weight is 247 g/mol. The molecule has 4 heteroatoms. The molecule has 1 aliphatic heterocycles. The lowest BCUT2D eigenvalue weighted by Gasteiger charge is -2.35. The van der Waals surface area contributed by atoms with Crippen LogP contribution in [0.1, 0.15) is 37.7 Å². The van der Waals surface area contributed by atoms with Crippen molar-refractivity contribution in [2.45, 2.75) is 44.1 Å². The number of rotatable bonds is 5. The van der Waals surface area contributed by atoms with Gasteiger partial charge in [-0.15, -0.1) is 0 Å². The van der Waals surface area contributed by atoms with E-state index in [0.29, 0.717) is 0 Å². The van der Waals surface area contributed by atoms with Crippen molar-refractivity contribution in [2.24, 2.45) is 5.73 Å². The lowest BCUT2D eigenvalue weighted by atomic mass is 9.83. The van der Waals surface area contributed by atoms with Crippen molar-refractivity contribution in [3.63, 3.8) is 0 Å². The predicted octanol–water partition coefficient (Wildman–Crippen LogP) is 1.40. The van der Waals surface area contributed by atoms with Crippen molar-refractivity contribution in [3.8, 4) is 0 Å². The molecule has 1 saturated heterocycles. The summed E-state index contributed by atoms with van der Waals surface area (Å²) in [5.74, 6) is -0.201. The largest absolute Gasteiger partial charge is 0.368 e. The summed E-state index contributed by atoms with van der Waals surface area (Å²) in [6.07, 6.45) is 9.47. The van der Waals surface area contributed by atoms with Crippen LogP contribution < -0.4 is 11.1 Å². The fourth-order valence-corrected chi connectivity index (χ4v) is 2.66. The van der Waals surface area contributed by atoms with Gasteiger partial charge in [0.15, 0.2) is 0 Å². The van der Waals surface area contributed by atoms with Crippen LogP contribution in [0.25, 0.3) is 0 Å². The van der Waals surface area contributed by atoms with Crippen LogP contribution in [0.2, 0.25) is 0 Å². The first-order valence-electron chi connectivity index (χ1n) is 6.67. The standard InChI is InChI=1S/C14H21N3O/c15-13(18)14(7-1-2-10-17-14)8-3-5-12-6-4-9-16-11-12/h4,6,9,11,17H,1-3,5,7-8,10H2,(H2,15,18)/t14-/m0/s1. The zero-order valence-corrected chi connectivity index (χ0v) is 10.7. The molecule has 0 saturated carbocycles. The van der Waals surface area contributed by atoms with E-state index in [9.17, 15) is 4.79 Å². The summed E-state index contributed by atoms with van der Waals surface area (Å²) in [5.41, 5.74) is 6.31. The quantitative estimate of drug-likeness (QED) is 0.826. The van der Waals surface area contributed by atoms with Gasteiger partial charge in [0.2, 0.25) is 5.91 Å². The number of hydrogen-bond donors (Lipinski definition) is 2. The summed E-state index contributed by atoms with van der Waals surface area (Å²) in [4.78, 5) is 15.8. The molecule has 1 atom stereocenters. The van der Waals surface area contributed by atoms with Gasteiger partial charge in [-0.2, -0.15) is 0 Å². The second kappa shape index (κ2) is 5.96. The third kappa shape index (κ3) is 3.07. The first-order valence-corrected chi connectivity index (χ1v) is 6.67. The van der Waals surface area contributed by atoms with E-state index in [1.54, 1.807) is 6.20 Å². The third-order valence-electron chi connectivity index (χ3n) is 3.76. The fourth-order valence-electron chi connectivity index (χ4n) is 2.66. The number of aromatic nitrogens is 1. The number of carbonyl (C=O) groups excluding carboxylic acids is 1. The van der Waals surface area contributed by atoms with Crippen molar-refractivity contribution < 1.29 is 4.79 Å². The van der Waals surface area contributed by atoms with Crippen molar-refractivity contribution in [1.29, 1.82) is 0 Å². The summed E-state index contributed by atoms with van der Waals surface area (Å²) in [5, 5.41) is 3.33. The lowest BCUT2D eigenvalue weighted by molar-refractivity contribution is -0.125. The minimum Gasteiger partial charge on any atom is -0.368 e. The lowest BCUT2D eigenvalue weighted by Crippen LogP contribution is -2.57. The van der Waals surface area contributed by atoms with E-state index in [4.69, 9.17) is 5.73 Å². The van der Waals surface area contributed by atoms with E-state index in [1.807, 2.05) is 12.3 Å². The van der Waals surface area contributed by atoms with Gasteiger partial charge in [0.25, 0.3) is 0 Å². The summed E-state index contributed by atoms with van der Waals surface area (Å²) < 4.78 is 0. The number of primary amides is 1. The Bertz CT molecular complexity index is 385. The van der Waals surface area contributed by atoms with Gasteiger partial charge in [0.1, 0.15) is 0 Å². The highest BCUT2D eigenvalue weighted by molar-refractivity contribution is 5.84. The van der Waals surface area contributed by atoms with Gasteiger partial charge < -0.3 is 11.1 Å². The first-order chi connectivity index (χ1) is 8.73. The van der Waals surface area contributed by atoms with Crippen LogP contribution in [-0.4, -0.2) is 23.0 Å². The normalized spacial score (nSPS) is 23.8. The fraction of sp³-hybridized carbons (Fsp3) is 0.571. The van der Waals surface area contributed by atoms with Crippen LogP contribution in [0.4, 0.5) is 0 Å². The SMILES string of the molecule is NC(=O)[C@@]1(CCCc2cccnc2)CCCCN1. The number of amides is 1. The Labute approximate surface area is 108 Å². The number of hydrogen-bond acceptors (Lipinski definition) is 3. The molecule has 0 radical (unpaired) electrons. The zero-order valence-electron chi connectivity index (χ0n) is 10.7. The van der Waals surface area contributed by atoms with E-state index >= 15 is 0 Å². The smallest absolute Gasteiger partial charge is 0.237 e. The minimum atomic E-state index is -0.472. The van der Waals surface area contributed by atoms with Crippen LogP contribution in [0.5, 0.6) is 0 Å². The molecule has 0 unspecified atom stereocenters. The summed E-state index contributed by atoms with van der Waals surface area (Å²) in [6, 6.07) is 4.01. The highest BCUT2D eigenvalue weighted by atomic mass is 16.1. The van der Waals surface area contributed by atoms with E-state index in [2.05, 4.69) is 16.4 Å². The Morgan fingerprint density at radius 2 is 2.39 bits per heavy atom. The van der Waals surface area contributed by atoms with Gasteiger partial charge in [0.05, 0.1) is 5.54 Å². The summed E-state index contributed by atoms with van der Waals surface area (Å²) >= 11 is 0. The number of nitrogens with zero attached hydrogens (tertiary/aromatic N) is 1. The van der Waals surface area contributed by atoms with Crippen molar-refractivity contribution in [3.05, 3.63) is 30.1 Å². The molecular weight excluding hydrogens is 226 g/mol. The van der Waals surface area contributed by atoms with E-state index in [1.165, 1.54) is 5.56 Å². The highest BCUT2D eigenvalue weighted by Gasteiger charge is 2.36. The van der Waals surface area contributed by atoms with E-state index in [-0.39, 0.29) is 5.91 Å². The molecule has 0 spiro atoms. The molecule has 2 heterocycles. The molecule has 98 valence electrons. The minimum absolute atomic E-state index is 0.201. The number of pyridine rings is 1. The van der Waals surface area contributed by atoms with Crippen molar-refractivity contribution in [2.75, 3.05) is 6.54 Å². The van der Waals surface area contributed by atoms with Crippen LogP contribution in [-0.2, 0) is 11.2 Å². The van der Waals surface area contributed by atoms with Gasteiger partial charge in [-0.3, -0.25) is 9.78 Å². The first kappa shape index (κ1) is 13.0. The number of carbonyl (C=O) groups is 1. The van der Waals surface area contributed by atoms with Crippen molar-refractivity contribution >= 4 is 5.91 Å². The molecule has 2 rings (SSSR count). The molecule has 3 N–H and O–H groups in total. The van der Waals surface area contributed by atoms with Crippen LogP contribution >= 0.6 is 0 Å². The molecule has 0 bridgehead atoms. The van der Waals surface area contributed by atoms with Crippen LogP contribution in [0.15, 0.2) is 24.5 Å². The predicted molar refractivity (Wildman–Crippen MR) is 71.0 cm³/mol. The van der Waals surface area contributed by atoms with Gasteiger partial charge in [-0.25, -0.2) is 0 Å². The summed E-state index contributed by atoms with van der Waals surface area (Å²) in [6.45, 7) is 0.899. The van der Waals surface area contributed by atoms with Crippen LogP contribution in [0, 0.1) is 0 Å². The molecular formula is C14H21N3O. The van der Waals surface area contributed by atoms with E-state index in [0.717, 1.165) is 45.1 Å². The second-order valence-electron chi connectivity index (χ2n) is 5.05. The topological polar surface area (TPSA) is 68.0 Å². The van der Waals surface area contributed by atoms with Gasteiger partial charge in [0, 0.05) is 12.4 Å². The average Bonchev–Trinajstić information content (AvgIpc) is 2.41. The molecule has 4 nitrogen and oxygen atoms in total. The Morgan fingerprint density at radius 3 is 3.00 bits per heavy atom. The Kier molecular flexibility index (Phi) is 4.31. The number of piperidine rings is 1. The van der Waals surface area contributed by atoms with Crippen LogP contribution in [0.3, 0.4) is 0 Å². The highest BCUT2D eigenvalue weighted by Crippen LogP contribution is 2.24. The molecule has 18 heavy (non-hydrogen) atoms. The molecule has 0 aromatic carbocycles. The van der Waals surface area contributed by atoms with Gasteiger partial charge in [-0.05, 0) is 56.7 Å². The maximum atomic E-state index is 11.7. The number of aryl methyl sites for hydroxylation is 1. The van der Waals surface area contributed by atoms with Crippen molar-refractivity contribution in [1.82, 2.24) is 10.3 Å². The number of nitrogens with two attached hydrogens (primary N) is 1. The monoisotopic (exact) mass is 247 g/mol.